The van der Waals surface area contributed by atoms with E-state index in [1.54, 1.807) is 6.07 Å². The second-order valence-corrected chi connectivity index (χ2v) is 8.40. The Morgan fingerprint density at radius 1 is 1.03 bits per heavy atom. The monoisotopic (exact) mass is 415 g/mol. The van der Waals surface area contributed by atoms with Crippen LogP contribution in [0.1, 0.15) is 68.6 Å². The molecule has 1 aliphatic heterocycles. The predicted molar refractivity (Wildman–Crippen MR) is 134 cm³/mol. The van der Waals surface area contributed by atoms with Crippen molar-refractivity contribution in [1.82, 2.24) is 4.90 Å². The Morgan fingerprint density at radius 3 is 2.39 bits per heavy atom. The minimum absolute atomic E-state index is 0.306. The summed E-state index contributed by atoms with van der Waals surface area (Å²) in [4.78, 5) is 2.54. The number of nitrogens with zero attached hydrogens (tertiary/aromatic N) is 1. The van der Waals surface area contributed by atoms with Crippen molar-refractivity contribution in [3.63, 3.8) is 0 Å². The minimum atomic E-state index is 0.306. The van der Waals surface area contributed by atoms with Crippen LogP contribution in [0.3, 0.4) is 0 Å². The van der Waals surface area contributed by atoms with Crippen LogP contribution in [-0.4, -0.2) is 29.6 Å². The third-order valence-electron chi connectivity index (χ3n) is 6.40. The molecule has 0 saturated carbocycles. The van der Waals surface area contributed by atoms with Crippen molar-refractivity contribution < 1.29 is 5.11 Å². The topological polar surface area (TPSA) is 23.5 Å². The van der Waals surface area contributed by atoms with Gasteiger partial charge in [0.15, 0.2) is 0 Å². The number of unbranched alkanes of at least 4 members (excludes halogenated alkanes) is 1. The lowest BCUT2D eigenvalue weighted by molar-refractivity contribution is 0.222. The Bertz CT molecular complexity index is 899. The average molecular weight is 416 g/mol. The van der Waals surface area contributed by atoms with Crippen molar-refractivity contribution in [1.29, 1.82) is 0 Å². The van der Waals surface area contributed by atoms with Gasteiger partial charge in [0.25, 0.3) is 0 Å². The average Bonchev–Trinajstić information content (AvgIpc) is 2.81. The summed E-state index contributed by atoms with van der Waals surface area (Å²) in [6.07, 6.45) is 11.8. The maximum Gasteiger partial charge on any atom is 0.116 e. The van der Waals surface area contributed by atoms with Crippen molar-refractivity contribution >= 4 is 5.57 Å². The highest BCUT2D eigenvalue weighted by Gasteiger charge is 2.20. The largest absolute Gasteiger partial charge is 0.508 e. The minimum Gasteiger partial charge on any atom is -0.508 e. The summed E-state index contributed by atoms with van der Waals surface area (Å²) in [6, 6.07) is 16.8. The molecule has 31 heavy (non-hydrogen) atoms. The molecular formula is C29H37NO. The van der Waals surface area contributed by atoms with Crippen LogP contribution in [0.15, 0.2) is 78.9 Å². The lowest BCUT2D eigenvalue weighted by atomic mass is 9.86. The van der Waals surface area contributed by atoms with Crippen LogP contribution in [-0.2, 0) is 0 Å². The van der Waals surface area contributed by atoms with Gasteiger partial charge in [-0.05, 0) is 97.6 Å². The number of allylic oxidation sites excluding steroid dienone is 4. The number of phenolic OH excluding ortho intramolecular Hbond substituents is 1. The first-order valence-electron chi connectivity index (χ1n) is 11.8. The third-order valence-corrected chi connectivity index (χ3v) is 6.40. The molecule has 0 aliphatic carbocycles. The summed E-state index contributed by atoms with van der Waals surface area (Å²) in [5.41, 5.74) is 6.23. The van der Waals surface area contributed by atoms with Crippen LogP contribution in [0.4, 0.5) is 0 Å². The van der Waals surface area contributed by atoms with E-state index < -0.39 is 0 Å². The van der Waals surface area contributed by atoms with Crippen molar-refractivity contribution in [2.45, 2.75) is 51.9 Å². The van der Waals surface area contributed by atoms with Crippen LogP contribution in [0, 0.1) is 0 Å². The van der Waals surface area contributed by atoms with Crippen LogP contribution in [0.25, 0.3) is 5.57 Å². The number of piperidine rings is 1. The second kappa shape index (κ2) is 11.7. The number of hydrogen-bond acceptors (Lipinski definition) is 2. The fourth-order valence-electron chi connectivity index (χ4n) is 4.52. The van der Waals surface area contributed by atoms with Gasteiger partial charge < -0.3 is 10.0 Å². The van der Waals surface area contributed by atoms with E-state index in [-0.39, 0.29) is 0 Å². The Kier molecular flexibility index (Phi) is 8.73. The fraction of sp³-hybridized carbons (Fsp3) is 0.379. The zero-order chi connectivity index (χ0) is 22.1. The molecule has 0 aromatic heterocycles. The first-order valence-corrected chi connectivity index (χ1v) is 11.8. The lowest BCUT2D eigenvalue weighted by Crippen LogP contribution is -2.32. The van der Waals surface area contributed by atoms with Gasteiger partial charge in [-0.2, -0.15) is 0 Å². The molecule has 164 valence electrons. The molecule has 1 aliphatic rings. The predicted octanol–water partition coefficient (Wildman–Crippen LogP) is 7.33. The van der Waals surface area contributed by atoms with Gasteiger partial charge in [0, 0.05) is 0 Å². The highest BCUT2D eigenvalue weighted by atomic mass is 16.3. The smallest absolute Gasteiger partial charge is 0.116 e. The molecular weight excluding hydrogens is 378 g/mol. The van der Waals surface area contributed by atoms with Crippen molar-refractivity contribution in [3.05, 3.63) is 95.6 Å². The molecule has 0 spiro atoms. The molecule has 2 nitrogen and oxygen atoms in total. The Hall–Kier alpha value is -2.58. The molecule has 2 aromatic rings. The first kappa shape index (κ1) is 23.1. The van der Waals surface area contributed by atoms with Crippen LogP contribution < -0.4 is 0 Å². The fourth-order valence-corrected chi connectivity index (χ4v) is 4.52. The molecule has 1 fully saturated rings. The summed E-state index contributed by atoms with van der Waals surface area (Å²) in [7, 11) is 0. The Balaban J connectivity index is 1.93. The standard InChI is InChI=1S/C29H37NO/c1-4-7-8-9-11-23(5-2)29(27-12-10-13-28(31)22-27)26-16-14-24(15-17-26)25-18-20-30(6-3)21-19-25/h4,9-17,22,25,31H,1,5-8,18-21H2,2-3H3/b11-9+,29-23+. The van der Waals surface area contributed by atoms with E-state index >= 15 is 0 Å². The van der Waals surface area contributed by atoms with Crippen molar-refractivity contribution in [3.8, 4) is 5.75 Å². The summed E-state index contributed by atoms with van der Waals surface area (Å²) in [6.45, 7) is 11.8. The molecule has 2 aromatic carbocycles. The van der Waals surface area contributed by atoms with E-state index in [4.69, 9.17) is 0 Å². The zero-order valence-corrected chi connectivity index (χ0v) is 19.2. The second-order valence-electron chi connectivity index (χ2n) is 8.40. The quantitative estimate of drug-likeness (QED) is 0.263. The molecule has 0 bridgehead atoms. The molecule has 2 heteroatoms. The molecule has 0 atom stereocenters. The first-order chi connectivity index (χ1) is 15.2. The zero-order valence-electron chi connectivity index (χ0n) is 19.2. The lowest BCUT2D eigenvalue weighted by Gasteiger charge is -2.31. The molecule has 3 rings (SSSR count). The SMILES string of the molecule is C=CCC/C=C/C(CC)=C(\c1ccc(C2CCN(CC)CC2)cc1)c1cccc(O)c1. The molecule has 1 N–H and O–H groups in total. The van der Waals surface area contributed by atoms with E-state index in [1.165, 1.54) is 48.2 Å². The summed E-state index contributed by atoms with van der Waals surface area (Å²) < 4.78 is 0. The van der Waals surface area contributed by atoms with Crippen molar-refractivity contribution in [2.75, 3.05) is 19.6 Å². The van der Waals surface area contributed by atoms with E-state index in [2.05, 4.69) is 67.8 Å². The maximum absolute atomic E-state index is 10.1. The molecule has 0 unspecified atom stereocenters. The van der Waals surface area contributed by atoms with Gasteiger partial charge in [0.1, 0.15) is 5.75 Å². The van der Waals surface area contributed by atoms with Gasteiger partial charge in [-0.25, -0.2) is 0 Å². The van der Waals surface area contributed by atoms with Crippen LogP contribution in [0.5, 0.6) is 5.75 Å². The summed E-state index contributed by atoms with van der Waals surface area (Å²) >= 11 is 0. The number of hydrogen-bond donors (Lipinski definition) is 1. The number of benzene rings is 2. The maximum atomic E-state index is 10.1. The highest BCUT2D eigenvalue weighted by Crippen LogP contribution is 2.34. The van der Waals surface area contributed by atoms with E-state index in [9.17, 15) is 5.11 Å². The van der Waals surface area contributed by atoms with Gasteiger partial charge in [-0.3, -0.25) is 0 Å². The van der Waals surface area contributed by atoms with E-state index in [0.29, 0.717) is 11.7 Å². The Labute approximate surface area is 188 Å². The molecule has 0 amide bonds. The molecule has 1 saturated heterocycles. The summed E-state index contributed by atoms with van der Waals surface area (Å²) in [5.74, 6) is 0.967. The number of likely N-dealkylation sites (tertiary alicyclic amines) is 1. The van der Waals surface area contributed by atoms with Gasteiger partial charge in [0.05, 0.1) is 0 Å². The van der Waals surface area contributed by atoms with E-state index in [0.717, 1.165) is 31.4 Å². The van der Waals surface area contributed by atoms with E-state index in [1.807, 2.05) is 18.2 Å². The summed E-state index contributed by atoms with van der Waals surface area (Å²) in [5, 5.41) is 10.1. The van der Waals surface area contributed by atoms with Crippen LogP contribution >= 0.6 is 0 Å². The normalized spacial score (nSPS) is 16.5. The molecule has 1 heterocycles. The van der Waals surface area contributed by atoms with Gasteiger partial charge in [-0.15, -0.1) is 6.58 Å². The van der Waals surface area contributed by atoms with Gasteiger partial charge in [0.2, 0.25) is 0 Å². The Morgan fingerprint density at radius 2 is 1.77 bits per heavy atom. The van der Waals surface area contributed by atoms with Gasteiger partial charge in [-0.1, -0.05) is 68.5 Å². The highest BCUT2D eigenvalue weighted by molar-refractivity contribution is 5.84. The number of rotatable bonds is 9. The third kappa shape index (κ3) is 6.21. The number of aromatic hydroxyl groups is 1. The van der Waals surface area contributed by atoms with Gasteiger partial charge >= 0.3 is 0 Å². The number of phenols is 1. The van der Waals surface area contributed by atoms with Crippen molar-refractivity contribution in [2.24, 2.45) is 0 Å². The van der Waals surface area contributed by atoms with Crippen LogP contribution in [0.2, 0.25) is 0 Å². The molecule has 0 radical (unpaired) electrons.